The van der Waals surface area contributed by atoms with Crippen molar-refractivity contribution in [3.8, 4) is 0 Å². The van der Waals surface area contributed by atoms with Crippen LogP contribution in [0.4, 0.5) is 0 Å². The Morgan fingerprint density at radius 2 is 2.13 bits per heavy atom. The molecule has 5 heteroatoms. The molecule has 0 spiro atoms. The number of hydrogen-bond donors (Lipinski definition) is 1. The summed E-state index contributed by atoms with van der Waals surface area (Å²) >= 11 is 1.65. The van der Waals surface area contributed by atoms with Crippen LogP contribution in [0.5, 0.6) is 0 Å². The normalized spacial score (nSPS) is 13.9. The van der Waals surface area contributed by atoms with Crippen LogP contribution in [0, 0.1) is 0 Å². The summed E-state index contributed by atoms with van der Waals surface area (Å²) < 4.78 is 0. The van der Waals surface area contributed by atoms with Crippen LogP contribution < -0.4 is 5.73 Å². The minimum absolute atomic E-state index is 0. The van der Waals surface area contributed by atoms with Crippen LogP contribution in [0.25, 0.3) is 0 Å². The molecule has 15 heavy (non-hydrogen) atoms. The van der Waals surface area contributed by atoms with E-state index in [1.165, 1.54) is 4.88 Å². The predicted molar refractivity (Wildman–Crippen MR) is 66.4 cm³/mol. The first kappa shape index (κ1) is 14.4. The Morgan fingerprint density at radius 1 is 1.53 bits per heavy atom. The Labute approximate surface area is 101 Å². The van der Waals surface area contributed by atoms with Crippen molar-refractivity contribution in [2.45, 2.75) is 25.9 Å². The third-order valence-electron chi connectivity index (χ3n) is 2.27. The average Bonchev–Trinajstić information content (AvgIpc) is 2.67. The van der Waals surface area contributed by atoms with Crippen LogP contribution in [-0.4, -0.2) is 23.9 Å². The number of hydrogen-bond acceptors (Lipinski definition) is 3. The Bertz CT molecular complexity index is 300. The van der Waals surface area contributed by atoms with Gasteiger partial charge >= 0.3 is 0 Å². The summed E-state index contributed by atoms with van der Waals surface area (Å²) in [5, 5.41) is 2.01. The maximum absolute atomic E-state index is 11.6. The lowest BCUT2D eigenvalue weighted by Gasteiger charge is -2.25. The fraction of sp³-hybridized carbons (Fsp3) is 0.500. The average molecular weight is 249 g/mol. The van der Waals surface area contributed by atoms with Gasteiger partial charge in [0.05, 0.1) is 12.1 Å². The highest BCUT2D eigenvalue weighted by Gasteiger charge is 2.20. The molecule has 1 heterocycles. The van der Waals surface area contributed by atoms with Crippen molar-refractivity contribution in [1.29, 1.82) is 0 Å². The van der Waals surface area contributed by atoms with Crippen molar-refractivity contribution in [1.82, 2.24) is 4.90 Å². The second kappa shape index (κ2) is 6.10. The van der Waals surface area contributed by atoms with Gasteiger partial charge in [0.2, 0.25) is 5.91 Å². The van der Waals surface area contributed by atoms with Gasteiger partial charge in [-0.05, 0) is 25.3 Å². The van der Waals surface area contributed by atoms with E-state index < -0.39 is 6.04 Å². The van der Waals surface area contributed by atoms with E-state index in [1.807, 2.05) is 24.4 Å². The molecule has 0 aromatic carbocycles. The monoisotopic (exact) mass is 248 g/mol. The van der Waals surface area contributed by atoms with Gasteiger partial charge in [-0.15, -0.1) is 23.7 Å². The van der Waals surface area contributed by atoms with E-state index in [2.05, 4.69) is 0 Å². The van der Waals surface area contributed by atoms with E-state index in [0.29, 0.717) is 0 Å². The maximum atomic E-state index is 11.6. The molecule has 0 saturated carbocycles. The zero-order chi connectivity index (χ0) is 10.7. The first-order valence-corrected chi connectivity index (χ1v) is 5.47. The molecule has 1 unspecified atom stereocenters. The molecule has 3 nitrogen and oxygen atoms in total. The fourth-order valence-corrected chi connectivity index (χ4v) is 2.06. The Morgan fingerprint density at radius 3 is 2.53 bits per heavy atom. The van der Waals surface area contributed by atoms with Gasteiger partial charge in [0.25, 0.3) is 0 Å². The summed E-state index contributed by atoms with van der Waals surface area (Å²) in [4.78, 5) is 14.5. The smallest absolute Gasteiger partial charge is 0.239 e. The molecule has 0 saturated heterocycles. The molecule has 86 valence electrons. The van der Waals surface area contributed by atoms with Gasteiger partial charge in [-0.2, -0.15) is 0 Å². The van der Waals surface area contributed by atoms with Crippen molar-refractivity contribution in [3.63, 3.8) is 0 Å². The zero-order valence-electron chi connectivity index (χ0n) is 9.14. The molecular formula is C10H17ClN2OS. The van der Waals surface area contributed by atoms with Gasteiger partial charge in [-0.3, -0.25) is 4.79 Å². The number of halogens is 1. The first-order valence-electron chi connectivity index (χ1n) is 4.59. The fourth-order valence-electron chi connectivity index (χ4n) is 1.23. The molecule has 1 amide bonds. The number of rotatable bonds is 3. The number of carbonyl (C=O) groups is 1. The molecule has 0 fully saturated rings. The highest BCUT2D eigenvalue weighted by molar-refractivity contribution is 7.10. The van der Waals surface area contributed by atoms with Crippen LogP contribution in [0.15, 0.2) is 17.5 Å². The quantitative estimate of drug-likeness (QED) is 0.890. The van der Waals surface area contributed by atoms with Crippen LogP contribution in [-0.2, 0) is 4.79 Å². The topological polar surface area (TPSA) is 46.3 Å². The largest absolute Gasteiger partial charge is 0.337 e. The van der Waals surface area contributed by atoms with Crippen LogP contribution in [0.1, 0.15) is 24.8 Å². The molecule has 0 aliphatic heterocycles. The Balaban J connectivity index is 0.00000196. The molecule has 0 radical (unpaired) electrons. The van der Waals surface area contributed by atoms with Gasteiger partial charge in [0.15, 0.2) is 0 Å². The lowest BCUT2D eigenvalue weighted by Crippen LogP contribution is -2.40. The van der Waals surface area contributed by atoms with Crippen molar-refractivity contribution >= 4 is 29.7 Å². The summed E-state index contributed by atoms with van der Waals surface area (Å²) in [7, 11) is 1.79. The minimum Gasteiger partial charge on any atom is -0.337 e. The standard InChI is InChI=1S/C10H16N2OS.ClH/c1-7(11)10(13)12(3)8(2)9-5-4-6-14-9;/h4-8H,11H2,1-3H3;1H/t7-,8?;/m0./s1. The van der Waals surface area contributed by atoms with E-state index >= 15 is 0 Å². The maximum Gasteiger partial charge on any atom is 0.239 e. The first-order chi connectivity index (χ1) is 6.54. The Kier molecular flexibility index (Phi) is 5.87. The molecule has 0 aliphatic rings. The van der Waals surface area contributed by atoms with Gasteiger partial charge in [0.1, 0.15) is 0 Å². The number of thiophene rings is 1. The van der Waals surface area contributed by atoms with Crippen LogP contribution in [0.2, 0.25) is 0 Å². The highest BCUT2D eigenvalue weighted by Crippen LogP contribution is 2.23. The highest BCUT2D eigenvalue weighted by atomic mass is 35.5. The third-order valence-corrected chi connectivity index (χ3v) is 3.32. The van der Waals surface area contributed by atoms with E-state index in [-0.39, 0.29) is 24.4 Å². The summed E-state index contributed by atoms with van der Waals surface area (Å²) in [6.45, 7) is 3.71. The van der Waals surface area contributed by atoms with Gasteiger partial charge in [-0.25, -0.2) is 0 Å². The zero-order valence-corrected chi connectivity index (χ0v) is 10.8. The SMILES string of the molecule is CC(c1cccs1)N(C)C(=O)[C@H](C)N.Cl. The molecule has 1 aromatic rings. The lowest BCUT2D eigenvalue weighted by molar-refractivity contribution is -0.132. The predicted octanol–water partition coefficient (Wildman–Crippen LogP) is 2.04. The van der Waals surface area contributed by atoms with Gasteiger partial charge in [0, 0.05) is 11.9 Å². The molecular weight excluding hydrogens is 232 g/mol. The number of nitrogens with zero attached hydrogens (tertiary/aromatic N) is 1. The molecule has 0 bridgehead atoms. The number of amides is 1. The van der Waals surface area contributed by atoms with Gasteiger partial charge < -0.3 is 10.6 Å². The van der Waals surface area contributed by atoms with Gasteiger partial charge in [-0.1, -0.05) is 6.07 Å². The lowest BCUT2D eigenvalue weighted by atomic mass is 10.2. The second-order valence-corrected chi connectivity index (χ2v) is 4.41. The van der Waals surface area contributed by atoms with Crippen molar-refractivity contribution < 1.29 is 4.79 Å². The van der Waals surface area contributed by atoms with Crippen LogP contribution >= 0.6 is 23.7 Å². The van der Waals surface area contributed by atoms with E-state index in [1.54, 1.807) is 30.2 Å². The van der Waals surface area contributed by atoms with Crippen molar-refractivity contribution in [2.75, 3.05) is 7.05 Å². The summed E-state index contributed by atoms with van der Waals surface area (Å²) in [6, 6.07) is 3.69. The van der Waals surface area contributed by atoms with E-state index in [0.717, 1.165) is 0 Å². The molecule has 2 atom stereocenters. The summed E-state index contributed by atoms with van der Waals surface area (Å²) in [6.07, 6.45) is 0. The second-order valence-electron chi connectivity index (χ2n) is 3.43. The minimum atomic E-state index is -0.428. The summed E-state index contributed by atoms with van der Waals surface area (Å²) in [5.41, 5.74) is 5.54. The van der Waals surface area contributed by atoms with Crippen molar-refractivity contribution in [3.05, 3.63) is 22.4 Å². The molecule has 2 N–H and O–H groups in total. The molecule has 1 aromatic heterocycles. The number of nitrogens with two attached hydrogens (primary N) is 1. The number of likely N-dealkylation sites (N-methyl/N-ethyl adjacent to an activating group) is 1. The number of carbonyl (C=O) groups excluding carboxylic acids is 1. The molecule has 0 aliphatic carbocycles. The third kappa shape index (κ3) is 3.48. The Hall–Kier alpha value is -0.580. The molecule has 1 rings (SSSR count). The van der Waals surface area contributed by atoms with Crippen LogP contribution in [0.3, 0.4) is 0 Å². The van der Waals surface area contributed by atoms with E-state index in [9.17, 15) is 4.79 Å². The van der Waals surface area contributed by atoms with E-state index in [4.69, 9.17) is 5.73 Å². The summed E-state index contributed by atoms with van der Waals surface area (Å²) in [5.74, 6) is -0.0223. The van der Waals surface area contributed by atoms with Crippen molar-refractivity contribution in [2.24, 2.45) is 5.73 Å².